The Kier molecular flexibility index (Phi) is 7.58. The number of ether oxygens (including phenoxy) is 1. The van der Waals surface area contributed by atoms with Gasteiger partial charge in [-0.15, -0.1) is 0 Å². The van der Waals surface area contributed by atoms with Crippen molar-refractivity contribution < 1.29 is 19.1 Å². The van der Waals surface area contributed by atoms with Gasteiger partial charge in [-0.3, -0.25) is 14.4 Å². The number of nitrogens with one attached hydrogen (secondary N) is 2. The standard InChI is InChI=1S/C21H23ClN2O4/c1-13-7-8-17(14(2)11-13)23-19(25)9-10-21(27)28-12-20(26)24-18-6-4-5-16(22)15(18)3/h4-8,11H,9-10,12H2,1-3H3,(H,23,25)(H,24,26). The Morgan fingerprint density at radius 1 is 0.929 bits per heavy atom. The lowest BCUT2D eigenvalue weighted by molar-refractivity contribution is -0.147. The van der Waals surface area contributed by atoms with Crippen LogP contribution in [0.1, 0.15) is 29.5 Å². The second-order valence-corrected chi connectivity index (χ2v) is 6.90. The monoisotopic (exact) mass is 402 g/mol. The maximum absolute atomic E-state index is 12.0. The van der Waals surface area contributed by atoms with E-state index in [9.17, 15) is 14.4 Å². The first-order valence-corrected chi connectivity index (χ1v) is 9.21. The second-order valence-electron chi connectivity index (χ2n) is 6.49. The minimum absolute atomic E-state index is 0.0266. The third kappa shape index (κ3) is 6.39. The topological polar surface area (TPSA) is 84.5 Å². The Labute approximate surface area is 169 Å². The summed E-state index contributed by atoms with van der Waals surface area (Å²) in [5.74, 6) is -1.38. The lowest BCUT2D eigenvalue weighted by Gasteiger charge is -2.10. The molecular weight excluding hydrogens is 380 g/mol. The fourth-order valence-electron chi connectivity index (χ4n) is 2.53. The van der Waals surface area contributed by atoms with Crippen LogP contribution in [0, 0.1) is 20.8 Å². The van der Waals surface area contributed by atoms with E-state index in [2.05, 4.69) is 10.6 Å². The average Bonchev–Trinajstić information content (AvgIpc) is 2.64. The minimum Gasteiger partial charge on any atom is -0.456 e. The van der Waals surface area contributed by atoms with Crippen LogP contribution in [0.2, 0.25) is 5.02 Å². The van der Waals surface area contributed by atoms with Gasteiger partial charge in [0, 0.05) is 22.8 Å². The molecule has 0 bridgehead atoms. The summed E-state index contributed by atoms with van der Waals surface area (Å²) < 4.78 is 4.92. The summed E-state index contributed by atoms with van der Waals surface area (Å²) in [6, 6.07) is 10.8. The van der Waals surface area contributed by atoms with Gasteiger partial charge < -0.3 is 15.4 Å². The number of anilines is 2. The molecule has 0 aromatic heterocycles. The van der Waals surface area contributed by atoms with Crippen molar-refractivity contribution in [3.63, 3.8) is 0 Å². The summed E-state index contributed by atoms with van der Waals surface area (Å²) in [4.78, 5) is 35.7. The molecule has 28 heavy (non-hydrogen) atoms. The van der Waals surface area contributed by atoms with E-state index in [1.165, 1.54) is 0 Å². The maximum Gasteiger partial charge on any atom is 0.306 e. The molecule has 2 rings (SSSR count). The number of rotatable bonds is 7. The van der Waals surface area contributed by atoms with E-state index >= 15 is 0 Å². The Balaban J connectivity index is 1.74. The summed E-state index contributed by atoms with van der Waals surface area (Å²) in [6.07, 6.45) is -0.138. The van der Waals surface area contributed by atoms with Gasteiger partial charge in [0.1, 0.15) is 0 Å². The molecule has 2 N–H and O–H groups in total. The van der Waals surface area contributed by atoms with Crippen LogP contribution in [0.3, 0.4) is 0 Å². The summed E-state index contributed by atoms with van der Waals surface area (Å²) in [5, 5.41) is 5.93. The van der Waals surface area contributed by atoms with Gasteiger partial charge in [-0.1, -0.05) is 35.4 Å². The highest BCUT2D eigenvalue weighted by molar-refractivity contribution is 6.31. The maximum atomic E-state index is 12.0. The molecule has 148 valence electrons. The van der Waals surface area contributed by atoms with Gasteiger partial charge in [0.05, 0.1) is 6.42 Å². The quantitative estimate of drug-likeness (QED) is 0.681. The SMILES string of the molecule is Cc1ccc(NC(=O)CCC(=O)OCC(=O)Nc2cccc(Cl)c2C)c(C)c1. The molecule has 0 atom stereocenters. The van der Waals surface area contributed by atoms with Crippen molar-refractivity contribution in [1.82, 2.24) is 0 Å². The minimum atomic E-state index is -0.617. The molecule has 0 fully saturated rings. The fourth-order valence-corrected chi connectivity index (χ4v) is 2.70. The van der Waals surface area contributed by atoms with E-state index < -0.39 is 18.5 Å². The van der Waals surface area contributed by atoms with Crippen LogP contribution in [0.25, 0.3) is 0 Å². The van der Waals surface area contributed by atoms with Crippen molar-refractivity contribution >= 4 is 40.8 Å². The van der Waals surface area contributed by atoms with E-state index in [0.717, 1.165) is 16.7 Å². The van der Waals surface area contributed by atoms with E-state index in [1.807, 2.05) is 32.0 Å². The first-order valence-electron chi connectivity index (χ1n) is 8.84. The molecule has 0 saturated heterocycles. The summed E-state index contributed by atoms with van der Waals surface area (Å²) >= 11 is 6.00. The van der Waals surface area contributed by atoms with E-state index in [-0.39, 0.29) is 18.7 Å². The van der Waals surface area contributed by atoms with Crippen LogP contribution in [0.5, 0.6) is 0 Å². The summed E-state index contributed by atoms with van der Waals surface area (Å²) in [7, 11) is 0. The van der Waals surface area contributed by atoms with Crippen molar-refractivity contribution in [3.8, 4) is 0 Å². The molecular formula is C21H23ClN2O4. The summed E-state index contributed by atoms with van der Waals surface area (Å²) in [6.45, 7) is 5.22. The number of carbonyl (C=O) groups is 3. The van der Waals surface area contributed by atoms with Crippen LogP contribution >= 0.6 is 11.6 Å². The smallest absolute Gasteiger partial charge is 0.306 e. The highest BCUT2D eigenvalue weighted by atomic mass is 35.5. The Hall–Kier alpha value is -2.86. The number of hydrogen-bond acceptors (Lipinski definition) is 4. The van der Waals surface area contributed by atoms with Crippen LogP contribution in [0.4, 0.5) is 11.4 Å². The molecule has 0 aliphatic carbocycles. The highest BCUT2D eigenvalue weighted by Gasteiger charge is 2.12. The zero-order valence-corrected chi connectivity index (χ0v) is 16.9. The van der Waals surface area contributed by atoms with Gasteiger partial charge in [-0.05, 0) is 50.1 Å². The highest BCUT2D eigenvalue weighted by Crippen LogP contribution is 2.22. The number of halogens is 1. The Morgan fingerprint density at radius 3 is 2.36 bits per heavy atom. The van der Waals surface area contributed by atoms with Gasteiger partial charge in [-0.2, -0.15) is 0 Å². The average molecular weight is 403 g/mol. The van der Waals surface area contributed by atoms with Crippen molar-refractivity contribution in [2.75, 3.05) is 17.2 Å². The van der Waals surface area contributed by atoms with E-state index in [4.69, 9.17) is 16.3 Å². The van der Waals surface area contributed by atoms with Crippen molar-refractivity contribution in [2.24, 2.45) is 0 Å². The van der Waals surface area contributed by atoms with Gasteiger partial charge in [-0.25, -0.2) is 0 Å². The van der Waals surface area contributed by atoms with E-state index in [1.54, 1.807) is 25.1 Å². The molecule has 0 aliphatic rings. The summed E-state index contributed by atoms with van der Waals surface area (Å²) in [5.41, 5.74) is 4.04. The second kappa shape index (κ2) is 9.90. The van der Waals surface area contributed by atoms with Crippen LogP contribution in [-0.4, -0.2) is 24.4 Å². The van der Waals surface area contributed by atoms with Gasteiger partial charge in [0.25, 0.3) is 5.91 Å². The normalized spacial score (nSPS) is 10.3. The van der Waals surface area contributed by atoms with Crippen molar-refractivity contribution in [3.05, 3.63) is 58.1 Å². The van der Waals surface area contributed by atoms with Gasteiger partial charge in [0.2, 0.25) is 5.91 Å². The van der Waals surface area contributed by atoms with Crippen LogP contribution < -0.4 is 10.6 Å². The number of aryl methyl sites for hydroxylation is 2. The number of carbonyl (C=O) groups excluding carboxylic acids is 3. The third-order valence-electron chi connectivity index (χ3n) is 4.12. The Morgan fingerprint density at radius 2 is 1.64 bits per heavy atom. The molecule has 0 heterocycles. The molecule has 2 aromatic rings. The molecule has 0 unspecified atom stereocenters. The van der Waals surface area contributed by atoms with Gasteiger partial charge >= 0.3 is 5.97 Å². The molecule has 6 nitrogen and oxygen atoms in total. The molecule has 2 amide bonds. The molecule has 0 saturated carbocycles. The number of amides is 2. The lowest BCUT2D eigenvalue weighted by atomic mass is 10.1. The number of benzene rings is 2. The zero-order chi connectivity index (χ0) is 20.7. The molecule has 2 aromatic carbocycles. The number of hydrogen-bond donors (Lipinski definition) is 2. The first kappa shape index (κ1) is 21.4. The molecule has 0 spiro atoms. The largest absolute Gasteiger partial charge is 0.456 e. The third-order valence-corrected chi connectivity index (χ3v) is 4.53. The lowest BCUT2D eigenvalue weighted by Crippen LogP contribution is -2.22. The van der Waals surface area contributed by atoms with E-state index in [0.29, 0.717) is 16.4 Å². The molecule has 0 radical (unpaired) electrons. The first-order chi connectivity index (χ1) is 13.3. The van der Waals surface area contributed by atoms with Gasteiger partial charge in [0.15, 0.2) is 6.61 Å². The van der Waals surface area contributed by atoms with Crippen molar-refractivity contribution in [1.29, 1.82) is 0 Å². The molecule has 7 heteroatoms. The van der Waals surface area contributed by atoms with Crippen LogP contribution in [-0.2, 0) is 19.1 Å². The fraction of sp³-hybridized carbons (Fsp3) is 0.286. The predicted molar refractivity (Wildman–Crippen MR) is 110 cm³/mol. The number of esters is 1. The van der Waals surface area contributed by atoms with Crippen LogP contribution in [0.15, 0.2) is 36.4 Å². The predicted octanol–water partition coefficient (Wildman–Crippen LogP) is 4.17. The zero-order valence-electron chi connectivity index (χ0n) is 16.1. The molecule has 0 aliphatic heterocycles. The van der Waals surface area contributed by atoms with Crippen molar-refractivity contribution in [2.45, 2.75) is 33.6 Å². The Bertz CT molecular complexity index is 896.